The third-order valence-electron chi connectivity index (χ3n) is 3.50. The molecule has 22 heavy (non-hydrogen) atoms. The van der Waals surface area contributed by atoms with E-state index >= 15 is 0 Å². The molecule has 0 aliphatic heterocycles. The Morgan fingerprint density at radius 1 is 0.682 bits per heavy atom. The van der Waals surface area contributed by atoms with Gasteiger partial charge in [-0.05, 0) is 22.8 Å². The Morgan fingerprint density at radius 2 is 1.23 bits per heavy atom. The number of hydrogen-bond donors (Lipinski definition) is 2. The number of benzene rings is 3. The molecular formula is C18H14O3S. The van der Waals surface area contributed by atoms with Crippen molar-refractivity contribution in [3.05, 3.63) is 72.8 Å². The molecular weight excluding hydrogens is 296 g/mol. The molecule has 0 amide bonds. The first-order valence-corrected chi connectivity index (χ1v) is 7.97. The smallest absolute Gasteiger partial charge is 0.171 e. The fraction of sp³-hybridized carbons (Fsp3) is 0. The molecule has 0 radical (unpaired) electrons. The van der Waals surface area contributed by atoms with Crippen molar-refractivity contribution in [1.29, 1.82) is 0 Å². The molecule has 3 aromatic carbocycles. The van der Waals surface area contributed by atoms with Crippen LogP contribution >= 0.6 is 0 Å². The quantitative estimate of drug-likeness (QED) is 0.725. The lowest BCUT2D eigenvalue weighted by Crippen LogP contribution is -1.90. The van der Waals surface area contributed by atoms with E-state index in [-0.39, 0.29) is 10.6 Å². The Balaban J connectivity index is 2.34. The molecule has 1 N–H and O–H groups in total. The normalized spacial score (nSPS) is 10.8. The lowest BCUT2D eigenvalue weighted by Gasteiger charge is -2.13. The molecule has 0 bridgehead atoms. The fourth-order valence-corrected chi connectivity index (χ4v) is 2.96. The van der Waals surface area contributed by atoms with Gasteiger partial charge >= 0.3 is 0 Å². The van der Waals surface area contributed by atoms with E-state index in [1.165, 1.54) is 6.07 Å². The van der Waals surface area contributed by atoms with Gasteiger partial charge in [0.05, 0.1) is 0 Å². The van der Waals surface area contributed by atoms with Crippen LogP contribution in [0.15, 0.2) is 77.7 Å². The largest absolute Gasteiger partial charge is 0.506 e. The zero-order valence-electron chi connectivity index (χ0n) is 11.6. The summed E-state index contributed by atoms with van der Waals surface area (Å²) in [7, 11) is -2.85. The molecule has 0 aliphatic rings. The highest BCUT2D eigenvalue weighted by Gasteiger charge is 2.16. The highest BCUT2D eigenvalue weighted by atomic mass is 32.2. The van der Waals surface area contributed by atoms with Crippen LogP contribution in [-0.2, 0) is 10.7 Å². The van der Waals surface area contributed by atoms with Gasteiger partial charge in [0.15, 0.2) is 10.7 Å². The van der Waals surface area contributed by atoms with E-state index in [9.17, 15) is 13.5 Å². The summed E-state index contributed by atoms with van der Waals surface area (Å²) in [6, 6.07) is 22.0. The van der Waals surface area contributed by atoms with Crippen molar-refractivity contribution in [3.8, 4) is 28.0 Å². The van der Waals surface area contributed by atoms with Crippen molar-refractivity contribution < 1.29 is 13.5 Å². The summed E-state index contributed by atoms with van der Waals surface area (Å²) < 4.78 is 22.7. The summed E-state index contributed by atoms with van der Waals surface area (Å²) in [5.74, 6) is -0.205. The monoisotopic (exact) mass is 310 g/mol. The second-order valence-electron chi connectivity index (χ2n) is 4.85. The van der Waals surface area contributed by atoms with Crippen molar-refractivity contribution in [3.63, 3.8) is 0 Å². The van der Waals surface area contributed by atoms with E-state index in [1.54, 1.807) is 6.07 Å². The minimum Gasteiger partial charge on any atom is -0.506 e. The molecule has 0 saturated carbocycles. The summed E-state index contributed by atoms with van der Waals surface area (Å²) in [4.78, 5) is -0.0615. The Hall–Kier alpha value is -2.59. The van der Waals surface area contributed by atoms with E-state index in [1.807, 2.05) is 60.7 Å². The second kappa shape index (κ2) is 6.03. The van der Waals surface area contributed by atoms with E-state index < -0.39 is 10.7 Å². The molecule has 3 nitrogen and oxygen atoms in total. The molecule has 3 aromatic rings. The fourth-order valence-electron chi connectivity index (χ4n) is 2.48. The molecule has 0 atom stereocenters. The number of hydrogen-bond acceptors (Lipinski definition) is 3. The van der Waals surface area contributed by atoms with Gasteiger partial charge in [-0.2, -0.15) is 0 Å². The van der Waals surface area contributed by atoms with Crippen LogP contribution in [0.5, 0.6) is 5.75 Å². The molecule has 3 rings (SSSR count). The average molecular weight is 310 g/mol. The third-order valence-corrected chi connectivity index (χ3v) is 4.25. The topological polar surface area (TPSA) is 54.4 Å². The second-order valence-corrected chi connectivity index (χ2v) is 5.84. The van der Waals surface area contributed by atoms with Crippen LogP contribution in [0.25, 0.3) is 22.3 Å². The number of phenolic OH excluding ortho intramolecular Hbond substituents is 1. The summed E-state index contributed by atoms with van der Waals surface area (Å²) >= 11 is 0. The number of thiol groups is 1. The zero-order valence-corrected chi connectivity index (χ0v) is 12.5. The summed E-state index contributed by atoms with van der Waals surface area (Å²) in [6.07, 6.45) is 0. The van der Waals surface area contributed by atoms with Crippen LogP contribution in [0, 0.1) is 0 Å². The SMILES string of the molecule is O=[SH](=O)c1ccc(-c2ccccc2)c(-c2ccccc2)c1O. The van der Waals surface area contributed by atoms with Gasteiger partial charge in [0.2, 0.25) is 0 Å². The van der Waals surface area contributed by atoms with Gasteiger partial charge in [0.25, 0.3) is 0 Å². The van der Waals surface area contributed by atoms with Gasteiger partial charge in [0, 0.05) is 5.56 Å². The van der Waals surface area contributed by atoms with Crippen molar-refractivity contribution in [2.45, 2.75) is 4.90 Å². The van der Waals surface area contributed by atoms with E-state index in [2.05, 4.69) is 0 Å². The van der Waals surface area contributed by atoms with Gasteiger partial charge in [-0.15, -0.1) is 0 Å². The van der Waals surface area contributed by atoms with Crippen molar-refractivity contribution >= 4 is 10.7 Å². The predicted octanol–water partition coefficient (Wildman–Crippen LogP) is 3.70. The van der Waals surface area contributed by atoms with Crippen molar-refractivity contribution in [2.24, 2.45) is 0 Å². The van der Waals surface area contributed by atoms with Gasteiger partial charge in [-0.1, -0.05) is 66.7 Å². The zero-order chi connectivity index (χ0) is 15.5. The van der Waals surface area contributed by atoms with Crippen LogP contribution in [0.2, 0.25) is 0 Å². The first-order chi connectivity index (χ1) is 10.7. The standard InChI is InChI=1S/C18H14O3S/c19-18-16(22(20)21)12-11-15(13-7-3-1-4-8-13)17(18)14-9-5-2-6-10-14/h1-12,19,22H. The van der Waals surface area contributed by atoms with E-state index in [0.29, 0.717) is 5.56 Å². The molecule has 0 aliphatic carbocycles. The van der Waals surface area contributed by atoms with Gasteiger partial charge in [-0.3, -0.25) is 0 Å². The minimum atomic E-state index is -2.85. The summed E-state index contributed by atoms with van der Waals surface area (Å²) in [5, 5.41) is 10.5. The lowest BCUT2D eigenvalue weighted by molar-refractivity contribution is 0.462. The summed E-state index contributed by atoms with van der Waals surface area (Å²) in [6.45, 7) is 0. The molecule has 0 saturated heterocycles. The number of aromatic hydroxyl groups is 1. The van der Waals surface area contributed by atoms with Crippen molar-refractivity contribution in [2.75, 3.05) is 0 Å². The third kappa shape index (κ3) is 2.61. The van der Waals surface area contributed by atoms with Crippen molar-refractivity contribution in [1.82, 2.24) is 0 Å². The van der Waals surface area contributed by atoms with Crippen LogP contribution < -0.4 is 0 Å². The maximum Gasteiger partial charge on any atom is 0.171 e. The molecule has 4 heteroatoms. The first kappa shape index (κ1) is 14.4. The average Bonchev–Trinajstić information content (AvgIpc) is 2.55. The maximum absolute atomic E-state index is 11.3. The molecule has 0 fully saturated rings. The molecule has 0 unspecified atom stereocenters. The van der Waals surface area contributed by atoms with Crippen LogP contribution in [0.3, 0.4) is 0 Å². The number of rotatable bonds is 3. The van der Waals surface area contributed by atoms with Crippen LogP contribution in [0.4, 0.5) is 0 Å². The molecule has 0 aromatic heterocycles. The summed E-state index contributed by atoms with van der Waals surface area (Å²) in [5.41, 5.74) is 3.02. The molecule has 0 spiro atoms. The molecule has 0 heterocycles. The molecule has 110 valence electrons. The maximum atomic E-state index is 11.3. The van der Waals surface area contributed by atoms with Gasteiger partial charge < -0.3 is 5.11 Å². The van der Waals surface area contributed by atoms with E-state index in [4.69, 9.17) is 0 Å². The number of phenols is 1. The highest BCUT2D eigenvalue weighted by molar-refractivity contribution is 7.72. The Kier molecular flexibility index (Phi) is 3.94. The Bertz CT molecular complexity index is 862. The first-order valence-electron chi connectivity index (χ1n) is 6.79. The minimum absolute atomic E-state index is 0.0615. The highest BCUT2D eigenvalue weighted by Crippen LogP contribution is 2.41. The van der Waals surface area contributed by atoms with Crippen LogP contribution in [0.1, 0.15) is 0 Å². The van der Waals surface area contributed by atoms with E-state index in [0.717, 1.165) is 16.7 Å². The lowest BCUT2D eigenvalue weighted by atomic mass is 9.94. The van der Waals surface area contributed by atoms with Gasteiger partial charge in [-0.25, -0.2) is 8.42 Å². The van der Waals surface area contributed by atoms with Gasteiger partial charge in [0.1, 0.15) is 10.6 Å². The Morgan fingerprint density at radius 3 is 1.77 bits per heavy atom. The Labute approximate surface area is 130 Å². The predicted molar refractivity (Wildman–Crippen MR) is 87.6 cm³/mol. The van der Waals surface area contributed by atoms with Crippen LogP contribution in [-0.4, -0.2) is 13.5 Å².